The first-order valence-corrected chi connectivity index (χ1v) is 8.93. The van der Waals surface area contributed by atoms with Gasteiger partial charge in [0.2, 0.25) is 0 Å². The van der Waals surface area contributed by atoms with Crippen LogP contribution >= 0.6 is 23.2 Å². The molecule has 4 heteroatoms. The van der Waals surface area contributed by atoms with Crippen LogP contribution in [0.5, 0.6) is 0 Å². The number of hydrogen-bond donors (Lipinski definition) is 0. The van der Waals surface area contributed by atoms with Crippen LogP contribution in [0.4, 0.5) is 0 Å². The summed E-state index contributed by atoms with van der Waals surface area (Å²) in [6.07, 6.45) is 11.7. The number of unbranched alkanes of at least 4 members (excludes halogenated alkanes) is 4. The first-order chi connectivity index (χ1) is 9.20. The zero-order valence-electron chi connectivity index (χ0n) is 13.8. The monoisotopic (exact) mass is 349 g/mol. The standard InChI is InChI=1S/C16H32Cl2O.K/c1-3-5-7-9-15(17)11-13-19-14-12-16(18)10-8-6-4-2;/h15-16H,3-14H2,1-2H3;. The zero-order chi connectivity index (χ0) is 14.3. The molecule has 0 spiro atoms. The van der Waals surface area contributed by atoms with E-state index in [-0.39, 0.29) is 62.1 Å². The van der Waals surface area contributed by atoms with Crippen LogP contribution in [0.25, 0.3) is 0 Å². The van der Waals surface area contributed by atoms with Crippen molar-refractivity contribution in [1.82, 2.24) is 0 Å². The Hall–Kier alpha value is 2.18. The average molecular weight is 350 g/mol. The number of rotatable bonds is 14. The summed E-state index contributed by atoms with van der Waals surface area (Å²) in [6, 6.07) is 0. The van der Waals surface area contributed by atoms with Gasteiger partial charge in [0.05, 0.1) is 0 Å². The fraction of sp³-hybridized carbons (Fsp3) is 1.00. The van der Waals surface area contributed by atoms with Crippen molar-refractivity contribution in [1.29, 1.82) is 0 Å². The Bertz CT molecular complexity index is 164. The van der Waals surface area contributed by atoms with Crippen LogP contribution in [0, 0.1) is 0 Å². The number of hydrogen-bond acceptors (Lipinski definition) is 1. The van der Waals surface area contributed by atoms with Crippen molar-refractivity contribution in [2.45, 2.75) is 88.8 Å². The molecule has 0 amide bonds. The van der Waals surface area contributed by atoms with E-state index in [0.29, 0.717) is 0 Å². The van der Waals surface area contributed by atoms with E-state index in [1.165, 1.54) is 38.5 Å². The van der Waals surface area contributed by atoms with Crippen LogP contribution in [-0.4, -0.2) is 75.4 Å². The predicted molar refractivity (Wildman–Crippen MR) is 93.4 cm³/mol. The van der Waals surface area contributed by atoms with E-state index in [1.54, 1.807) is 0 Å². The van der Waals surface area contributed by atoms with Gasteiger partial charge in [-0.15, -0.1) is 23.2 Å². The normalized spacial score (nSPS) is 13.8. The summed E-state index contributed by atoms with van der Waals surface area (Å²) in [7, 11) is 0. The molecule has 1 radical (unpaired) electrons. The van der Waals surface area contributed by atoms with Gasteiger partial charge in [-0.25, -0.2) is 0 Å². The molecule has 0 heterocycles. The first kappa shape index (κ1) is 24.4. The van der Waals surface area contributed by atoms with Crippen molar-refractivity contribution in [3.05, 3.63) is 0 Å². The molecule has 0 rings (SSSR count). The molecule has 0 aliphatic carbocycles. The largest absolute Gasteiger partial charge is 0.381 e. The van der Waals surface area contributed by atoms with E-state index in [1.807, 2.05) is 0 Å². The zero-order valence-corrected chi connectivity index (χ0v) is 18.4. The summed E-state index contributed by atoms with van der Waals surface area (Å²) in [5.41, 5.74) is 0. The molecule has 0 aromatic carbocycles. The topological polar surface area (TPSA) is 9.23 Å². The van der Waals surface area contributed by atoms with Gasteiger partial charge in [0.1, 0.15) is 0 Å². The quantitative estimate of drug-likeness (QED) is 0.219. The maximum atomic E-state index is 6.24. The second-order valence-electron chi connectivity index (χ2n) is 5.38. The minimum atomic E-state index is 0. The number of ether oxygens (including phenoxy) is 1. The third kappa shape index (κ3) is 18.2. The van der Waals surface area contributed by atoms with E-state index in [9.17, 15) is 0 Å². The molecule has 0 fully saturated rings. The van der Waals surface area contributed by atoms with Crippen molar-refractivity contribution in [3.63, 3.8) is 0 Å². The molecule has 2 unspecified atom stereocenters. The van der Waals surface area contributed by atoms with E-state index < -0.39 is 0 Å². The van der Waals surface area contributed by atoms with Crippen LogP contribution in [0.15, 0.2) is 0 Å². The summed E-state index contributed by atoms with van der Waals surface area (Å²) < 4.78 is 5.62. The molecule has 0 aliphatic rings. The smallest absolute Gasteiger partial charge is 0.0480 e. The number of alkyl halides is 2. The molecule has 1 nitrogen and oxygen atoms in total. The third-order valence-corrected chi connectivity index (χ3v) is 4.27. The Morgan fingerprint density at radius 1 is 0.700 bits per heavy atom. The molecular formula is C16H32Cl2KO. The number of halogens is 2. The van der Waals surface area contributed by atoms with E-state index in [0.717, 1.165) is 38.9 Å². The minimum Gasteiger partial charge on any atom is -0.381 e. The molecule has 0 aromatic heterocycles. The SMILES string of the molecule is CCCCCC(Cl)CCOCCC(Cl)CCCCC.[K]. The first-order valence-electron chi connectivity index (χ1n) is 8.06. The van der Waals surface area contributed by atoms with Gasteiger partial charge in [0.15, 0.2) is 0 Å². The van der Waals surface area contributed by atoms with Crippen molar-refractivity contribution in [3.8, 4) is 0 Å². The van der Waals surface area contributed by atoms with Gasteiger partial charge in [-0.05, 0) is 25.7 Å². The van der Waals surface area contributed by atoms with Gasteiger partial charge in [0.25, 0.3) is 0 Å². The van der Waals surface area contributed by atoms with Crippen LogP contribution < -0.4 is 0 Å². The van der Waals surface area contributed by atoms with E-state index in [2.05, 4.69) is 13.8 Å². The molecule has 0 aromatic rings. The molecule has 0 bridgehead atoms. The second-order valence-corrected chi connectivity index (χ2v) is 6.61. The molecule has 117 valence electrons. The molecule has 20 heavy (non-hydrogen) atoms. The molecular weight excluding hydrogens is 318 g/mol. The van der Waals surface area contributed by atoms with Gasteiger partial charge in [-0.3, -0.25) is 0 Å². The van der Waals surface area contributed by atoms with Gasteiger partial charge in [-0.2, -0.15) is 0 Å². The fourth-order valence-corrected chi connectivity index (χ4v) is 2.53. The van der Waals surface area contributed by atoms with E-state index >= 15 is 0 Å². The van der Waals surface area contributed by atoms with Crippen LogP contribution in [0.1, 0.15) is 78.1 Å². The van der Waals surface area contributed by atoms with Crippen molar-refractivity contribution < 1.29 is 4.74 Å². The molecule has 0 N–H and O–H groups in total. The molecule has 2 atom stereocenters. The van der Waals surface area contributed by atoms with E-state index in [4.69, 9.17) is 27.9 Å². The fourth-order valence-electron chi connectivity index (χ4n) is 2.04. The Morgan fingerprint density at radius 2 is 1.10 bits per heavy atom. The summed E-state index contributed by atoms with van der Waals surface area (Å²) >= 11 is 12.5. The van der Waals surface area contributed by atoms with Gasteiger partial charge >= 0.3 is 0 Å². The van der Waals surface area contributed by atoms with Crippen molar-refractivity contribution in [2.24, 2.45) is 0 Å². The molecule has 0 aliphatic heterocycles. The Morgan fingerprint density at radius 3 is 1.45 bits per heavy atom. The van der Waals surface area contributed by atoms with Crippen molar-refractivity contribution in [2.75, 3.05) is 13.2 Å². The Kier molecular flexibility index (Phi) is 23.5. The van der Waals surface area contributed by atoms with Gasteiger partial charge in [0, 0.05) is 75.4 Å². The average Bonchev–Trinajstić information content (AvgIpc) is 2.39. The van der Waals surface area contributed by atoms with Crippen LogP contribution in [0.2, 0.25) is 0 Å². The Labute approximate surface area is 179 Å². The summed E-state index contributed by atoms with van der Waals surface area (Å²) in [4.78, 5) is 0. The van der Waals surface area contributed by atoms with Crippen molar-refractivity contribution >= 4 is 74.6 Å². The van der Waals surface area contributed by atoms with Crippen LogP contribution in [-0.2, 0) is 4.74 Å². The third-order valence-electron chi connectivity index (χ3n) is 3.39. The minimum absolute atomic E-state index is 0. The van der Waals surface area contributed by atoms with Gasteiger partial charge in [-0.1, -0.05) is 52.4 Å². The summed E-state index contributed by atoms with van der Waals surface area (Å²) in [6.45, 7) is 5.99. The predicted octanol–water partition coefficient (Wildman–Crippen LogP) is 5.78. The molecule has 0 saturated heterocycles. The Balaban J connectivity index is 0. The van der Waals surface area contributed by atoms with Gasteiger partial charge < -0.3 is 4.74 Å². The maximum Gasteiger partial charge on any atom is 0.0480 e. The summed E-state index contributed by atoms with van der Waals surface area (Å²) in [5.74, 6) is 0. The summed E-state index contributed by atoms with van der Waals surface area (Å²) in [5, 5.41) is 0.561. The maximum absolute atomic E-state index is 6.24. The van der Waals surface area contributed by atoms with Crippen LogP contribution in [0.3, 0.4) is 0 Å². The second kappa shape index (κ2) is 19.2. The molecule has 0 saturated carbocycles.